The Hall–Kier alpha value is -0.630. The van der Waals surface area contributed by atoms with Crippen molar-refractivity contribution in [2.45, 2.75) is 45.8 Å². The molecule has 0 aliphatic carbocycles. The van der Waals surface area contributed by atoms with Gasteiger partial charge in [-0.1, -0.05) is 6.92 Å². The van der Waals surface area contributed by atoms with Crippen LogP contribution in [0.1, 0.15) is 34.6 Å². The Labute approximate surface area is 98.9 Å². The van der Waals surface area contributed by atoms with Gasteiger partial charge in [-0.15, -0.1) is 0 Å². The van der Waals surface area contributed by atoms with Crippen molar-refractivity contribution >= 4 is 0 Å². The van der Waals surface area contributed by atoms with Crippen LogP contribution in [0.25, 0.3) is 0 Å². The van der Waals surface area contributed by atoms with Crippen LogP contribution in [-0.2, 0) is 9.47 Å². The Bertz CT molecular complexity index is 230. The van der Waals surface area contributed by atoms with E-state index in [1.54, 1.807) is 0 Å². The molecule has 4 heteroatoms. The van der Waals surface area contributed by atoms with Gasteiger partial charge in [-0.2, -0.15) is 5.26 Å². The molecule has 4 nitrogen and oxygen atoms in total. The van der Waals surface area contributed by atoms with E-state index in [1.807, 2.05) is 34.6 Å². The molecule has 16 heavy (non-hydrogen) atoms. The van der Waals surface area contributed by atoms with Gasteiger partial charge in [-0.25, -0.2) is 0 Å². The first-order valence-electron chi connectivity index (χ1n) is 5.71. The molecule has 0 aromatic carbocycles. The van der Waals surface area contributed by atoms with Crippen molar-refractivity contribution < 1.29 is 9.47 Å². The van der Waals surface area contributed by atoms with Gasteiger partial charge >= 0.3 is 0 Å². The summed E-state index contributed by atoms with van der Waals surface area (Å²) >= 11 is 0. The maximum atomic E-state index is 8.98. The number of nitrogens with one attached hydrogen (secondary N) is 1. The lowest BCUT2D eigenvalue weighted by atomic mass is 10.1. The van der Waals surface area contributed by atoms with E-state index >= 15 is 0 Å². The lowest BCUT2D eigenvalue weighted by Crippen LogP contribution is -2.45. The normalized spacial score (nSPS) is 15.5. The summed E-state index contributed by atoms with van der Waals surface area (Å²) in [4.78, 5) is 0. The first-order chi connectivity index (χ1) is 7.33. The monoisotopic (exact) mass is 228 g/mol. The van der Waals surface area contributed by atoms with Crippen LogP contribution in [-0.4, -0.2) is 37.5 Å². The molecule has 0 heterocycles. The van der Waals surface area contributed by atoms with Gasteiger partial charge in [0.15, 0.2) is 0 Å². The smallest absolute Gasteiger partial charge is 0.127 e. The molecule has 0 aliphatic rings. The van der Waals surface area contributed by atoms with Gasteiger partial charge in [0.1, 0.15) is 5.54 Å². The largest absolute Gasteiger partial charge is 0.376 e. The van der Waals surface area contributed by atoms with Crippen molar-refractivity contribution in [2.75, 3.05) is 26.4 Å². The maximum Gasteiger partial charge on any atom is 0.127 e. The quantitative estimate of drug-likeness (QED) is 0.674. The van der Waals surface area contributed by atoms with Crippen molar-refractivity contribution in [2.24, 2.45) is 0 Å². The Morgan fingerprint density at radius 3 is 2.25 bits per heavy atom. The Balaban J connectivity index is 3.69. The van der Waals surface area contributed by atoms with Gasteiger partial charge in [0.2, 0.25) is 0 Å². The molecule has 0 spiro atoms. The number of rotatable bonds is 7. The summed E-state index contributed by atoms with van der Waals surface area (Å²) in [5.74, 6) is 0. The van der Waals surface area contributed by atoms with Crippen molar-refractivity contribution in [3.8, 4) is 6.07 Å². The predicted molar refractivity (Wildman–Crippen MR) is 64.2 cm³/mol. The molecule has 1 unspecified atom stereocenters. The first-order valence-corrected chi connectivity index (χ1v) is 5.71. The van der Waals surface area contributed by atoms with Crippen LogP contribution in [0.15, 0.2) is 0 Å². The van der Waals surface area contributed by atoms with E-state index in [0.29, 0.717) is 19.8 Å². The lowest BCUT2D eigenvalue weighted by Gasteiger charge is -2.23. The summed E-state index contributed by atoms with van der Waals surface area (Å²) in [5, 5.41) is 12.1. The topological polar surface area (TPSA) is 54.3 Å². The summed E-state index contributed by atoms with van der Waals surface area (Å²) in [6, 6.07) is 2.21. The second-order valence-corrected chi connectivity index (χ2v) is 4.99. The van der Waals surface area contributed by atoms with E-state index in [4.69, 9.17) is 14.7 Å². The molecule has 0 bridgehead atoms. The van der Waals surface area contributed by atoms with Crippen LogP contribution >= 0.6 is 0 Å². The van der Waals surface area contributed by atoms with Crippen LogP contribution in [0.4, 0.5) is 0 Å². The second kappa shape index (κ2) is 6.85. The fourth-order valence-corrected chi connectivity index (χ4v) is 1.20. The van der Waals surface area contributed by atoms with E-state index in [0.717, 1.165) is 6.54 Å². The fraction of sp³-hybridized carbons (Fsp3) is 0.917. The van der Waals surface area contributed by atoms with Gasteiger partial charge < -0.3 is 9.47 Å². The molecule has 0 amide bonds. The molecule has 1 N–H and O–H groups in total. The summed E-state index contributed by atoms with van der Waals surface area (Å²) in [6.07, 6.45) is 0. The van der Waals surface area contributed by atoms with E-state index < -0.39 is 5.54 Å². The van der Waals surface area contributed by atoms with Gasteiger partial charge in [-0.3, -0.25) is 5.32 Å². The number of nitrogens with zero attached hydrogens (tertiary/aromatic N) is 1. The van der Waals surface area contributed by atoms with Gasteiger partial charge in [0.25, 0.3) is 0 Å². The second-order valence-electron chi connectivity index (χ2n) is 4.99. The average Bonchev–Trinajstić information content (AvgIpc) is 2.16. The third-order valence-electron chi connectivity index (χ3n) is 1.97. The first kappa shape index (κ1) is 15.4. The van der Waals surface area contributed by atoms with Crippen molar-refractivity contribution in [1.29, 1.82) is 5.26 Å². The molecule has 0 fully saturated rings. The lowest BCUT2D eigenvalue weighted by molar-refractivity contribution is -0.0393. The number of hydrogen-bond acceptors (Lipinski definition) is 4. The molecule has 1 atom stereocenters. The molecule has 0 radical (unpaired) electrons. The molecular formula is C12H24N2O2. The minimum Gasteiger partial charge on any atom is -0.376 e. The van der Waals surface area contributed by atoms with Crippen LogP contribution in [0.3, 0.4) is 0 Å². The summed E-state index contributed by atoms with van der Waals surface area (Å²) < 4.78 is 10.9. The van der Waals surface area contributed by atoms with Gasteiger partial charge in [0, 0.05) is 0 Å². The van der Waals surface area contributed by atoms with Crippen molar-refractivity contribution in [1.82, 2.24) is 5.32 Å². The van der Waals surface area contributed by atoms with E-state index in [1.165, 1.54) is 0 Å². The number of hydrogen-bond donors (Lipinski definition) is 1. The molecule has 0 saturated heterocycles. The van der Waals surface area contributed by atoms with Crippen LogP contribution < -0.4 is 5.32 Å². The van der Waals surface area contributed by atoms with Crippen molar-refractivity contribution in [3.63, 3.8) is 0 Å². The SMILES string of the molecule is CCNC(C)(C#N)COCCOC(C)(C)C. The van der Waals surface area contributed by atoms with Crippen LogP contribution in [0.2, 0.25) is 0 Å². The molecule has 0 rings (SSSR count). The highest BCUT2D eigenvalue weighted by Crippen LogP contribution is 2.06. The molecule has 0 saturated carbocycles. The number of nitriles is 1. The van der Waals surface area contributed by atoms with E-state index in [9.17, 15) is 0 Å². The van der Waals surface area contributed by atoms with Gasteiger partial charge in [0.05, 0.1) is 31.5 Å². The molecule has 0 aromatic heterocycles. The Morgan fingerprint density at radius 1 is 1.19 bits per heavy atom. The summed E-state index contributed by atoms with van der Waals surface area (Å²) in [5.41, 5.74) is -0.736. The molecular weight excluding hydrogens is 204 g/mol. The Morgan fingerprint density at radius 2 is 1.81 bits per heavy atom. The Kier molecular flexibility index (Phi) is 6.58. The highest BCUT2D eigenvalue weighted by Gasteiger charge is 2.22. The van der Waals surface area contributed by atoms with Crippen LogP contribution in [0.5, 0.6) is 0 Å². The average molecular weight is 228 g/mol. The zero-order chi connectivity index (χ0) is 12.7. The summed E-state index contributed by atoms with van der Waals surface area (Å²) in [7, 11) is 0. The summed E-state index contributed by atoms with van der Waals surface area (Å²) in [6.45, 7) is 12.0. The standard InChI is InChI=1S/C12H24N2O2/c1-6-14-12(5,9-13)10-15-7-8-16-11(2,3)4/h14H,6-8,10H2,1-5H3. The third kappa shape index (κ3) is 7.63. The third-order valence-corrected chi connectivity index (χ3v) is 1.97. The number of ether oxygens (including phenoxy) is 2. The zero-order valence-electron chi connectivity index (χ0n) is 11.1. The predicted octanol–water partition coefficient (Wildman–Crippen LogP) is 1.71. The van der Waals surface area contributed by atoms with Crippen LogP contribution in [0, 0.1) is 11.3 Å². The fourth-order valence-electron chi connectivity index (χ4n) is 1.20. The maximum absolute atomic E-state index is 8.98. The minimum absolute atomic E-state index is 0.135. The molecule has 0 aromatic rings. The highest BCUT2D eigenvalue weighted by molar-refractivity contribution is 5.03. The highest BCUT2D eigenvalue weighted by atomic mass is 16.5. The zero-order valence-corrected chi connectivity index (χ0v) is 11.1. The minimum atomic E-state index is -0.601. The number of likely N-dealkylation sites (N-methyl/N-ethyl adjacent to an activating group) is 1. The van der Waals surface area contributed by atoms with Gasteiger partial charge in [-0.05, 0) is 34.2 Å². The molecule has 94 valence electrons. The molecule has 0 aliphatic heterocycles. The van der Waals surface area contributed by atoms with Crippen molar-refractivity contribution in [3.05, 3.63) is 0 Å². The van der Waals surface area contributed by atoms with E-state index in [-0.39, 0.29) is 5.60 Å². The van der Waals surface area contributed by atoms with E-state index in [2.05, 4.69) is 11.4 Å².